The van der Waals surface area contributed by atoms with Crippen molar-refractivity contribution in [3.05, 3.63) is 59.5 Å². The number of amides is 1. The van der Waals surface area contributed by atoms with Crippen molar-refractivity contribution in [2.75, 3.05) is 19.7 Å². The normalized spacial score (nSPS) is 16.8. The molecule has 3 rings (SSSR count). The highest BCUT2D eigenvalue weighted by Gasteiger charge is 2.15. The molecule has 1 aliphatic rings. The smallest absolute Gasteiger partial charge is 0.251 e. The monoisotopic (exact) mass is 384 g/mol. The largest absolute Gasteiger partial charge is 0.467 e. The first-order chi connectivity index (χ1) is 13.7. The lowest BCUT2D eigenvalue weighted by Gasteiger charge is -2.14. The molecule has 150 valence electrons. The van der Waals surface area contributed by atoms with E-state index in [0.717, 1.165) is 49.8 Å². The van der Waals surface area contributed by atoms with Crippen LogP contribution in [0.4, 0.5) is 0 Å². The number of furan rings is 1. The molecule has 1 aromatic heterocycles. The lowest BCUT2D eigenvalue weighted by atomic mass is 10.1. The minimum absolute atomic E-state index is 0.134. The summed E-state index contributed by atoms with van der Waals surface area (Å²) in [5.74, 6) is 1.35. The SMILES string of the molecule is CCNC(=NCc1cccc(C(=O)NCc2ccco2)c1)NCC1CCCO1. The van der Waals surface area contributed by atoms with E-state index >= 15 is 0 Å². The van der Waals surface area contributed by atoms with Crippen molar-refractivity contribution in [2.45, 2.75) is 39.0 Å². The van der Waals surface area contributed by atoms with Gasteiger partial charge in [-0.15, -0.1) is 0 Å². The number of hydrogen-bond donors (Lipinski definition) is 3. The molecular formula is C21H28N4O3. The van der Waals surface area contributed by atoms with Gasteiger partial charge < -0.3 is 25.1 Å². The number of nitrogens with one attached hydrogen (secondary N) is 3. The summed E-state index contributed by atoms with van der Waals surface area (Å²) in [6.45, 7) is 5.27. The molecule has 0 radical (unpaired) electrons. The summed E-state index contributed by atoms with van der Waals surface area (Å²) in [6, 6.07) is 11.1. The lowest BCUT2D eigenvalue weighted by Crippen LogP contribution is -2.41. The van der Waals surface area contributed by atoms with E-state index in [1.54, 1.807) is 18.4 Å². The minimum Gasteiger partial charge on any atom is -0.467 e. The molecule has 7 nitrogen and oxygen atoms in total. The summed E-state index contributed by atoms with van der Waals surface area (Å²) in [5.41, 5.74) is 1.58. The highest BCUT2D eigenvalue weighted by atomic mass is 16.5. The highest BCUT2D eigenvalue weighted by Crippen LogP contribution is 2.11. The standard InChI is InChI=1S/C21H28N4O3/c1-2-22-21(25-15-19-9-5-11-28-19)24-13-16-6-3-7-17(12-16)20(26)23-14-18-8-4-10-27-18/h3-4,6-8,10,12,19H,2,5,9,11,13-15H2,1H3,(H,23,26)(H2,22,24,25). The predicted molar refractivity (Wildman–Crippen MR) is 108 cm³/mol. The van der Waals surface area contributed by atoms with E-state index in [-0.39, 0.29) is 12.0 Å². The summed E-state index contributed by atoms with van der Waals surface area (Å²) >= 11 is 0. The van der Waals surface area contributed by atoms with Crippen molar-refractivity contribution >= 4 is 11.9 Å². The number of nitrogens with zero attached hydrogens (tertiary/aromatic N) is 1. The second kappa shape index (κ2) is 10.5. The molecule has 1 unspecified atom stereocenters. The molecule has 3 N–H and O–H groups in total. The second-order valence-electron chi connectivity index (χ2n) is 6.67. The Morgan fingerprint density at radius 2 is 2.14 bits per heavy atom. The zero-order valence-electron chi connectivity index (χ0n) is 16.2. The third-order valence-electron chi connectivity index (χ3n) is 4.48. The molecule has 28 heavy (non-hydrogen) atoms. The van der Waals surface area contributed by atoms with Crippen LogP contribution in [0.2, 0.25) is 0 Å². The second-order valence-corrected chi connectivity index (χ2v) is 6.67. The average molecular weight is 384 g/mol. The van der Waals surface area contributed by atoms with Crippen molar-refractivity contribution in [2.24, 2.45) is 4.99 Å². The van der Waals surface area contributed by atoms with Crippen molar-refractivity contribution in [1.82, 2.24) is 16.0 Å². The van der Waals surface area contributed by atoms with E-state index in [0.29, 0.717) is 18.7 Å². The van der Waals surface area contributed by atoms with Gasteiger partial charge in [0.1, 0.15) is 5.76 Å². The molecule has 0 spiro atoms. The predicted octanol–water partition coefficient (Wildman–Crippen LogP) is 2.44. The topological polar surface area (TPSA) is 87.9 Å². The number of benzene rings is 1. The highest BCUT2D eigenvalue weighted by molar-refractivity contribution is 5.94. The van der Waals surface area contributed by atoms with Gasteiger partial charge >= 0.3 is 0 Å². The van der Waals surface area contributed by atoms with E-state index in [4.69, 9.17) is 9.15 Å². The number of hydrogen-bond acceptors (Lipinski definition) is 4. The molecule has 7 heteroatoms. The molecule has 2 heterocycles. The van der Waals surface area contributed by atoms with Crippen LogP contribution in [0.5, 0.6) is 0 Å². The van der Waals surface area contributed by atoms with E-state index in [9.17, 15) is 4.79 Å². The molecular weight excluding hydrogens is 356 g/mol. The Balaban J connectivity index is 1.55. The van der Waals surface area contributed by atoms with Crippen LogP contribution in [-0.2, 0) is 17.8 Å². The summed E-state index contributed by atoms with van der Waals surface area (Å²) in [4.78, 5) is 17.0. The zero-order chi connectivity index (χ0) is 19.6. The summed E-state index contributed by atoms with van der Waals surface area (Å²) < 4.78 is 10.9. The zero-order valence-corrected chi connectivity index (χ0v) is 16.2. The fourth-order valence-electron chi connectivity index (χ4n) is 3.02. The maximum atomic E-state index is 12.4. The number of aliphatic imine (C=N–C) groups is 1. The molecule has 1 aliphatic heterocycles. The van der Waals surface area contributed by atoms with Crippen LogP contribution in [0.1, 0.15) is 41.4 Å². The van der Waals surface area contributed by atoms with Gasteiger partial charge in [0.05, 0.1) is 25.5 Å². The Kier molecular flexibility index (Phi) is 7.49. The molecule has 1 aromatic carbocycles. The first kappa shape index (κ1) is 19.9. The number of rotatable bonds is 8. The molecule has 1 amide bonds. The Bertz CT molecular complexity index is 768. The Labute approximate surface area is 165 Å². The van der Waals surface area contributed by atoms with E-state index in [1.165, 1.54) is 0 Å². The third-order valence-corrected chi connectivity index (χ3v) is 4.48. The van der Waals surface area contributed by atoms with Crippen molar-refractivity contribution in [3.63, 3.8) is 0 Å². The van der Waals surface area contributed by atoms with Gasteiger partial charge in [0.25, 0.3) is 5.91 Å². The molecule has 1 fully saturated rings. The van der Waals surface area contributed by atoms with Gasteiger partial charge in [0.15, 0.2) is 5.96 Å². The fraction of sp³-hybridized carbons (Fsp3) is 0.429. The maximum absolute atomic E-state index is 12.4. The molecule has 1 saturated heterocycles. The minimum atomic E-state index is -0.134. The molecule has 0 aliphatic carbocycles. The fourth-order valence-corrected chi connectivity index (χ4v) is 3.02. The Morgan fingerprint density at radius 1 is 1.21 bits per heavy atom. The molecule has 1 atom stereocenters. The van der Waals surface area contributed by atoms with Gasteiger partial charge in [-0.2, -0.15) is 0 Å². The van der Waals surface area contributed by atoms with Crippen molar-refractivity contribution < 1.29 is 13.9 Å². The first-order valence-corrected chi connectivity index (χ1v) is 9.78. The van der Waals surface area contributed by atoms with Crippen LogP contribution < -0.4 is 16.0 Å². The molecule has 0 saturated carbocycles. The van der Waals surface area contributed by atoms with Crippen molar-refractivity contribution in [3.8, 4) is 0 Å². The van der Waals surface area contributed by atoms with Gasteiger partial charge in [0.2, 0.25) is 0 Å². The van der Waals surface area contributed by atoms with Crippen LogP contribution >= 0.6 is 0 Å². The van der Waals surface area contributed by atoms with Gasteiger partial charge in [-0.1, -0.05) is 12.1 Å². The van der Waals surface area contributed by atoms with Gasteiger partial charge in [-0.25, -0.2) is 4.99 Å². The van der Waals surface area contributed by atoms with Crippen LogP contribution in [0, 0.1) is 0 Å². The first-order valence-electron chi connectivity index (χ1n) is 9.78. The van der Waals surface area contributed by atoms with Crippen LogP contribution in [0.15, 0.2) is 52.1 Å². The third kappa shape index (κ3) is 6.13. The number of carbonyl (C=O) groups excluding carboxylic acids is 1. The van der Waals surface area contributed by atoms with E-state index < -0.39 is 0 Å². The van der Waals surface area contributed by atoms with E-state index in [2.05, 4.69) is 20.9 Å². The van der Waals surface area contributed by atoms with Gasteiger partial charge in [0, 0.05) is 25.3 Å². The molecule has 0 bridgehead atoms. The van der Waals surface area contributed by atoms with Gasteiger partial charge in [-0.05, 0) is 49.6 Å². The molecule has 2 aromatic rings. The average Bonchev–Trinajstić information content (AvgIpc) is 3.42. The lowest BCUT2D eigenvalue weighted by molar-refractivity contribution is 0.0948. The van der Waals surface area contributed by atoms with Crippen LogP contribution in [0.3, 0.4) is 0 Å². The summed E-state index contributed by atoms with van der Waals surface area (Å²) in [5, 5.41) is 9.43. The Morgan fingerprint density at radius 3 is 2.89 bits per heavy atom. The maximum Gasteiger partial charge on any atom is 0.251 e. The quantitative estimate of drug-likeness (QED) is 0.481. The van der Waals surface area contributed by atoms with Crippen molar-refractivity contribution in [1.29, 1.82) is 0 Å². The van der Waals surface area contributed by atoms with Crippen LogP contribution in [-0.4, -0.2) is 37.7 Å². The number of carbonyl (C=O) groups is 1. The van der Waals surface area contributed by atoms with Gasteiger partial charge in [-0.3, -0.25) is 4.79 Å². The van der Waals surface area contributed by atoms with E-state index in [1.807, 2.05) is 31.2 Å². The summed E-state index contributed by atoms with van der Waals surface area (Å²) in [7, 11) is 0. The Hall–Kier alpha value is -2.80. The number of ether oxygens (including phenoxy) is 1. The summed E-state index contributed by atoms with van der Waals surface area (Å²) in [6.07, 6.45) is 4.05. The van der Waals surface area contributed by atoms with Crippen LogP contribution in [0.25, 0.3) is 0 Å². The number of guanidine groups is 1.